The van der Waals surface area contributed by atoms with Gasteiger partial charge in [0.25, 0.3) is 0 Å². The Bertz CT molecular complexity index is 29.9. The molecule has 0 aliphatic heterocycles. The molecule has 0 atom stereocenters. The standard InChI is InChI=1S/C2H5NO.C/c1-2(3)4;/h1H3,(H2,3,4);. The SMILES string of the molecule is CC(N)=O.[C]. The third-order valence-corrected chi connectivity index (χ3v) is 0. The third kappa shape index (κ3) is 26.7. The fourth-order valence-electron chi connectivity index (χ4n) is 0. The van der Waals surface area contributed by atoms with E-state index in [1.165, 1.54) is 6.92 Å². The number of rotatable bonds is 0. The molecule has 0 saturated carbocycles. The zero-order valence-electron chi connectivity index (χ0n) is 2.99. The Kier molecular flexibility index (Phi) is 6.12. The summed E-state index contributed by atoms with van der Waals surface area (Å²) < 4.78 is 0. The lowest BCUT2D eigenvalue weighted by Crippen LogP contribution is -2.01. The van der Waals surface area contributed by atoms with Gasteiger partial charge in [-0.15, -0.1) is 0 Å². The smallest absolute Gasteiger partial charge is 0.214 e. The molecule has 0 spiro atoms. The predicted molar refractivity (Wildman–Crippen MR) is 18.1 cm³/mol. The van der Waals surface area contributed by atoms with Crippen molar-refractivity contribution < 1.29 is 4.79 Å². The molecule has 5 heavy (non-hydrogen) atoms. The summed E-state index contributed by atoms with van der Waals surface area (Å²) >= 11 is 0. The first-order chi connectivity index (χ1) is 1.73. The van der Waals surface area contributed by atoms with Gasteiger partial charge in [0, 0.05) is 14.4 Å². The van der Waals surface area contributed by atoms with E-state index in [-0.39, 0.29) is 13.3 Å². The van der Waals surface area contributed by atoms with Crippen LogP contribution in [-0.4, -0.2) is 5.91 Å². The van der Waals surface area contributed by atoms with Crippen molar-refractivity contribution in [3.8, 4) is 0 Å². The summed E-state index contributed by atoms with van der Waals surface area (Å²) in [6.45, 7) is 1.31. The number of amides is 1. The molecule has 0 unspecified atom stereocenters. The zero-order chi connectivity index (χ0) is 3.58. The molecule has 2 nitrogen and oxygen atoms in total. The van der Waals surface area contributed by atoms with Gasteiger partial charge in [-0.05, 0) is 0 Å². The summed E-state index contributed by atoms with van der Waals surface area (Å²) in [5.41, 5.74) is 4.47. The number of carbonyl (C=O) groups excluding carboxylic acids is 1. The topological polar surface area (TPSA) is 43.1 Å². The summed E-state index contributed by atoms with van der Waals surface area (Å²) in [6, 6.07) is 0. The normalized spacial score (nSPS) is 5.00. The maximum absolute atomic E-state index is 9.22. The van der Waals surface area contributed by atoms with E-state index in [0.29, 0.717) is 0 Å². The Morgan fingerprint density at radius 2 is 1.80 bits per heavy atom. The Hall–Kier alpha value is -0.530. The van der Waals surface area contributed by atoms with Gasteiger partial charge >= 0.3 is 0 Å². The number of primary amides is 1. The molecule has 0 fully saturated rings. The van der Waals surface area contributed by atoms with Crippen molar-refractivity contribution >= 4 is 5.91 Å². The highest BCUT2D eigenvalue weighted by Gasteiger charge is 1.61. The molecule has 0 rings (SSSR count). The molecule has 0 aromatic carbocycles. The van der Waals surface area contributed by atoms with Crippen molar-refractivity contribution in [1.82, 2.24) is 0 Å². The van der Waals surface area contributed by atoms with Gasteiger partial charge in [-0.25, -0.2) is 0 Å². The van der Waals surface area contributed by atoms with Gasteiger partial charge in [0.05, 0.1) is 0 Å². The van der Waals surface area contributed by atoms with Crippen LogP contribution in [0.4, 0.5) is 0 Å². The summed E-state index contributed by atoms with van der Waals surface area (Å²) in [7, 11) is 0. The van der Waals surface area contributed by atoms with Crippen LogP contribution in [0.1, 0.15) is 6.92 Å². The first-order valence-electron chi connectivity index (χ1n) is 0.993. The Morgan fingerprint density at radius 3 is 1.80 bits per heavy atom. The van der Waals surface area contributed by atoms with E-state index in [1.807, 2.05) is 0 Å². The average molecular weight is 71.1 g/mol. The van der Waals surface area contributed by atoms with Gasteiger partial charge in [-0.1, -0.05) is 0 Å². The molecule has 2 heteroatoms. The van der Waals surface area contributed by atoms with Crippen LogP contribution in [0.2, 0.25) is 0 Å². The van der Waals surface area contributed by atoms with E-state index in [1.54, 1.807) is 0 Å². The summed E-state index contributed by atoms with van der Waals surface area (Å²) in [6.07, 6.45) is 0. The van der Waals surface area contributed by atoms with Crippen molar-refractivity contribution in [2.75, 3.05) is 0 Å². The molecular formula is C3H5NO. The van der Waals surface area contributed by atoms with Crippen LogP contribution >= 0.6 is 0 Å². The molecule has 0 aromatic rings. The summed E-state index contributed by atoms with van der Waals surface area (Å²) in [4.78, 5) is 9.22. The molecule has 0 aromatic heterocycles. The van der Waals surface area contributed by atoms with E-state index < -0.39 is 0 Å². The summed E-state index contributed by atoms with van der Waals surface area (Å²) in [5.74, 6) is -0.333. The van der Waals surface area contributed by atoms with E-state index in [4.69, 9.17) is 0 Å². The maximum Gasteiger partial charge on any atom is 0.214 e. The lowest BCUT2D eigenvalue weighted by Gasteiger charge is -1.60. The minimum Gasteiger partial charge on any atom is -0.370 e. The molecule has 28 valence electrons. The Balaban J connectivity index is 0. The van der Waals surface area contributed by atoms with Crippen molar-refractivity contribution in [1.29, 1.82) is 0 Å². The van der Waals surface area contributed by atoms with Crippen LogP contribution in [0.15, 0.2) is 0 Å². The second-order valence-electron chi connectivity index (χ2n) is 0.611. The average Bonchev–Trinajstić information content (AvgIpc) is 0.811. The van der Waals surface area contributed by atoms with Gasteiger partial charge in [0.1, 0.15) is 0 Å². The first kappa shape index (κ1) is 8.82. The third-order valence-electron chi connectivity index (χ3n) is 0. The van der Waals surface area contributed by atoms with E-state index in [0.717, 1.165) is 0 Å². The van der Waals surface area contributed by atoms with Crippen LogP contribution in [0, 0.1) is 7.43 Å². The predicted octanol–water partition coefficient (Wildman–Crippen LogP) is -0.427. The van der Waals surface area contributed by atoms with Gasteiger partial charge in [-0.2, -0.15) is 0 Å². The van der Waals surface area contributed by atoms with Gasteiger partial charge < -0.3 is 5.73 Å². The number of carbonyl (C=O) groups is 1. The first-order valence-corrected chi connectivity index (χ1v) is 0.993. The minimum atomic E-state index is -0.333. The lowest BCUT2D eigenvalue weighted by atomic mass is 10.8. The second-order valence-corrected chi connectivity index (χ2v) is 0.611. The monoisotopic (exact) mass is 71.0 g/mol. The molecule has 0 aliphatic carbocycles. The molecule has 0 aliphatic rings. The van der Waals surface area contributed by atoms with Crippen LogP contribution in [-0.2, 0) is 4.79 Å². The lowest BCUT2D eigenvalue weighted by molar-refractivity contribution is -0.115. The van der Waals surface area contributed by atoms with Crippen molar-refractivity contribution in [2.45, 2.75) is 6.92 Å². The van der Waals surface area contributed by atoms with E-state index >= 15 is 0 Å². The van der Waals surface area contributed by atoms with Crippen molar-refractivity contribution in [3.05, 3.63) is 7.43 Å². The van der Waals surface area contributed by atoms with E-state index in [2.05, 4.69) is 5.73 Å². The quantitative estimate of drug-likeness (QED) is 0.414. The fraction of sp³-hybridized carbons (Fsp3) is 0.333. The molecule has 0 bridgehead atoms. The minimum absolute atomic E-state index is 0. The highest BCUT2D eigenvalue weighted by Crippen LogP contribution is 1.33. The van der Waals surface area contributed by atoms with Crippen LogP contribution in [0.5, 0.6) is 0 Å². The molecule has 1 amide bonds. The van der Waals surface area contributed by atoms with Crippen molar-refractivity contribution in [2.24, 2.45) is 5.73 Å². The largest absolute Gasteiger partial charge is 0.370 e. The Labute approximate surface area is 32.0 Å². The number of nitrogens with two attached hydrogens (primary N) is 1. The zero-order valence-corrected chi connectivity index (χ0v) is 2.99. The van der Waals surface area contributed by atoms with Crippen LogP contribution in [0.25, 0.3) is 0 Å². The van der Waals surface area contributed by atoms with E-state index in [9.17, 15) is 4.79 Å². The fourth-order valence-corrected chi connectivity index (χ4v) is 0. The number of hydrogen-bond acceptors (Lipinski definition) is 1. The Morgan fingerprint density at radius 1 is 1.80 bits per heavy atom. The van der Waals surface area contributed by atoms with Crippen LogP contribution < -0.4 is 5.73 Å². The van der Waals surface area contributed by atoms with Gasteiger partial charge in [-0.3, -0.25) is 4.79 Å². The molecule has 0 heterocycles. The summed E-state index contributed by atoms with van der Waals surface area (Å²) in [5, 5.41) is 0. The highest BCUT2D eigenvalue weighted by atomic mass is 16.1. The molecule has 4 radical (unpaired) electrons. The highest BCUT2D eigenvalue weighted by molar-refractivity contribution is 5.70. The van der Waals surface area contributed by atoms with Gasteiger partial charge in [0.15, 0.2) is 0 Å². The van der Waals surface area contributed by atoms with Crippen molar-refractivity contribution in [3.63, 3.8) is 0 Å². The molecule has 0 saturated heterocycles. The van der Waals surface area contributed by atoms with Gasteiger partial charge in [0.2, 0.25) is 5.91 Å². The molecule has 2 N–H and O–H groups in total. The maximum atomic E-state index is 9.22. The second kappa shape index (κ2) is 3.47. The van der Waals surface area contributed by atoms with Crippen LogP contribution in [0.3, 0.4) is 0 Å². The number of hydrogen-bond donors (Lipinski definition) is 1. The molecular weight excluding hydrogens is 66.0 g/mol.